The monoisotopic (exact) mass is 363 g/mol. The van der Waals surface area contributed by atoms with E-state index in [4.69, 9.17) is 4.74 Å². The Hall–Kier alpha value is -3.41. The Labute approximate surface area is 157 Å². The largest absolute Gasteiger partial charge is 0.448 e. The molecule has 0 radical (unpaired) electrons. The average Bonchev–Trinajstić information content (AvgIpc) is 3.18. The number of nitrogens with zero attached hydrogens (tertiary/aromatic N) is 1. The maximum Gasteiger partial charge on any atom is 0.357 e. The number of carbonyl (C=O) groups is 2. The van der Waals surface area contributed by atoms with Crippen LogP contribution < -0.4 is 5.32 Å². The van der Waals surface area contributed by atoms with Crippen molar-refractivity contribution in [3.05, 3.63) is 77.5 Å². The van der Waals surface area contributed by atoms with E-state index in [-0.39, 0.29) is 11.6 Å². The van der Waals surface area contributed by atoms with Crippen molar-refractivity contribution < 1.29 is 14.3 Å². The van der Waals surface area contributed by atoms with Gasteiger partial charge in [0.2, 0.25) is 0 Å². The lowest BCUT2D eigenvalue weighted by molar-refractivity contribution is -0.129. The Morgan fingerprint density at radius 3 is 2.52 bits per heavy atom. The zero-order valence-electron chi connectivity index (χ0n) is 15.2. The standard InChI is InChI=1S/C21H21N3O3/c1-14-8-10-16(11-9-14)13-22-20(25)15(2)27-21(26)19-12-18(23-24-19)17-6-4-3-5-7-17/h3-12,15H,13H2,1-2H3,(H,22,25)(H,23,24)/t15-/m1/s1. The Morgan fingerprint density at radius 2 is 1.81 bits per heavy atom. The minimum atomic E-state index is -0.911. The normalized spacial score (nSPS) is 11.6. The molecule has 27 heavy (non-hydrogen) atoms. The van der Waals surface area contributed by atoms with Gasteiger partial charge in [-0.15, -0.1) is 0 Å². The summed E-state index contributed by atoms with van der Waals surface area (Å²) in [7, 11) is 0. The van der Waals surface area contributed by atoms with Gasteiger partial charge in [-0.05, 0) is 25.5 Å². The van der Waals surface area contributed by atoms with Crippen molar-refractivity contribution >= 4 is 11.9 Å². The van der Waals surface area contributed by atoms with E-state index in [1.807, 2.05) is 61.5 Å². The second kappa shape index (κ2) is 8.31. The molecule has 0 aliphatic heterocycles. The van der Waals surface area contributed by atoms with Gasteiger partial charge in [-0.25, -0.2) is 4.79 Å². The predicted molar refractivity (Wildman–Crippen MR) is 102 cm³/mol. The van der Waals surface area contributed by atoms with Gasteiger partial charge in [0.15, 0.2) is 6.10 Å². The molecule has 6 nitrogen and oxygen atoms in total. The summed E-state index contributed by atoms with van der Waals surface area (Å²) in [5, 5.41) is 9.54. The third kappa shape index (κ3) is 4.82. The van der Waals surface area contributed by atoms with Crippen LogP contribution in [-0.4, -0.2) is 28.2 Å². The van der Waals surface area contributed by atoms with Crippen molar-refractivity contribution in [3.63, 3.8) is 0 Å². The van der Waals surface area contributed by atoms with E-state index in [1.165, 1.54) is 6.92 Å². The van der Waals surface area contributed by atoms with Crippen molar-refractivity contribution in [2.45, 2.75) is 26.5 Å². The quantitative estimate of drug-likeness (QED) is 0.659. The number of rotatable bonds is 6. The number of H-pyrrole nitrogens is 1. The van der Waals surface area contributed by atoms with Gasteiger partial charge in [0, 0.05) is 12.1 Å². The first-order valence-electron chi connectivity index (χ1n) is 8.68. The van der Waals surface area contributed by atoms with Crippen LogP contribution in [-0.2, 0) is 16.1 Å². The summed E-state index contributed by atoms with van der Waals surface area (Å²) in [6.07, 6.45) is -0.911. The molecule has 3 rings (SSSR count). The number of aromatic amines is 1. The topological polar surface area (TPSA) is 84.1 Å². The molecule has 3 aromatic rings. The minimum absolute atomic E-state index is 0.201. The lowest BCUT2D eigenvalue weighted by Crippen LogP contribution is -2.35. The highest BCUT2D eigenvalue weighted by atomic mass is 16.5. The highest BCUT2D eigenvalue weighted by molar-refractivity contribution is 5.91. The third-order valence-corrected chi connectivity index (χ3v) is 4.11. The number of hydrogen-bond acceptors (Lipinski definition) is 4. The maximum absolute atomic E-state index is 12.2. The van der Waals surface area contributed by atoms with Crippen LogP contribution in [0.4, 0.5) is 0 Å². The van der Waals surface area contributed by atoms with Crippen LogP contribution in [0, 0.1) is 6.92 Å². The van der Waals surface area contributed by atoms with Gasteiger partial charge in [0.1, 0.15) is 5.69 Å². The molecule has 138 valence electrons. The minimum Gasteiger partial charge on any atom is -0.448 e. The SMILES string of the molecule is Cc1ccc(CNC(=O)[C@@H](C)OC(=O)c2cc(-c3ccccc3)n[nH]2)cc1. The van der Waals surface area contributed by atoms with E-state index in [1.54, 1.807) is 6.07 Å². The number of esters is 1. The van der Waals surface area contributed by atoms with E-state index in [9.17, 15) is 9.59 Å². The fourth-order valence-corrected chi connectivity index (χ4v) is 2.50. The molecule has 0 spiro atoms. The van der Waals surface area contributed by atoms with Crippen LogP contribution in [0.3, 0.4) is 0 Å². The Bertz CT molecular complexity index is 917. The zero-order chi connectivity index (χ0) is 19.2. The van der Waals surface area contributed by atoms with Crippen LogP contribution in [0.25, 0.3) is 11.3 Å². The smallest absolute Gasteiger partial charge is 0.357 e. The molecular weight excluding hydrogens is 342 g/mol. The summed E-state index contributed by atoms with van der Waals surface area (Å²) in [4.78, 5) is 24.4. The molecule has 2 aromatic carbocycles. The highest BCUT2D eigenvalue weighted by Crippen LogP contribution is 2.17. The Morgan fingerprint density at radius 1 is 1.11 bits per heavy atom. The van der Waals surface area contributed by atoms with Gasteiger partial charge >= 0.3 is 5.97 Å². The molecule has 0 aliphatic rings. The number of carbonyl (C=O) groups excluding carboxylic acids is 2. The predicted octanol–water partition coefficient (Wildman–Crippen LogP) is 3.25. The number of hydrogen-bond donors (Lipinski definition) is 2. The van der Waals surface area contributed by atoms with Crippen LogP contribution in [0.15, 0.2) is 60.7 Å². The van der Waals surface area contributed by atoms with Crippen molar-refractivity contribution in [1.29, 1.82) is 0 Å². The van der Waals surface area contributed by atoms with Gasteiger partial charge in [-0.2, -0.15) is 5.10 Å². The van der Waals surface area contributed by atoms with Crippen LogP contribution in [0.2, 0.25) is 0 Å². The van der Waals surface area contributed by atoms with Crippen molar-refractivity contribution in [1.82, 2.24) is 15.5 Å². The van der Waals surface area contributed by atoms with Crippen LogP contribution in [0.5, 0.6) is 0 Å². The van der Waals surface area contributed by atoms with Crippen LogP contribution in [0.1, 0.15) is 28.5 Å². The number of aromatic nitrogens is 2. The first kappa shape index (κ1) is 18.4. The summed E-state index contributed by atoms with van der Waals surface area (Å²) in [5.74, 6) is -0.977. The second-order valence-electron chi connectivity index (χ2n) is 6.28. The van der Waals surface area contributed by atoms with E-state index in [2.05, 4.69) is 15.5 Å². The number of amides is 1. The molecular formula is C21H21N3O3. The van der Waals surface area contributed by atoms with Crippen molar-refractivity contribution in [2.75, 3.05) is 0 Å². The molecule has 0 bridgehead atoms. The lowest BCUT2D eigenvalue weighted by Gasteiger charge is -2.13. The average molecular weight is 363 g/mol. The molecule has 0 saturated heterocycles. The summed E-state index contributed by atoms with van der Waals surface area (Å²) in [5.41, 5.74) is 3.86. The molecule has 1 heterocycles. The molecule has 1 amide bonds. The third-order valence-electron chi connectivity index (χ3n) is 4.11. The molecule has 0 fully saturated rings. The Kier molecular flexibility index (Phi) is 5.66. The maximum atomic E-state index is 12.2. The number of benzene rings is 2. The van der Waals surface area contributed by atoms with Gasteiger partial charge in [-0.1, -0.05) is 60.2 Å². The molecule has 0 saturated carbocycles. The van der Waals surface area contributed by atoms with Gasteiger partial charge in [0.25, 0.3) is 5.91 Å². The molecule has 0 unspecified atom stereocenters. The first-order valence-corrected chi connectivity index (χ1v) is 8.68. The number of aryl methyl sites for hydroxylation is 1. The van der Waals surface area contributed by atoms with Gasteiger partial charge in [-0.3, -0.25) is 9.89 Å². The molecule has 1 atom stereocenters. The number of nitrogens with one attached hydrogen (secondary N) is 2. The van der Waals surface area contributed by atoms with E-state index < -0.39 is 12.1 Å². The molecule has 6 heteroatoms. The molecule has 1 aromatic heterocycles. The van der Waals surface area contributed by atoms with E-state index in [0.717, 1.165) is 16.7 Å². The van der Waals surface area contributed by atoms with Gasteiger partial charge in [0.05, 0.1) is 5.69 Å². The summed E-state index contributed by atoms with van der Waals surface area (Å²) in [6, 6.07) is 18.9. The molecule has 2 N–H and O–H groups in total. The summed E-state index contributed by atoms with van der Waals surface area (Å²) >= 11 is 0. The fourth-order valence-electron chi connectivity index (χ4n) is 2.50. The fraction of sp³-hybridized carbons (Fsp3) is 0.190. The van der Waals surface area contributed by atoms with E-state index >= 15 is 0 Å². The van der Waals surface area contributed by atoms with Crippen molar-refractivity contribution in [2.24, 2.45) is 0 Å². The lowest BCUT2D eigenvalue weighted by atomic mass is 10.1. The Balaban J connectivity index is 1.54. The van der Waals surface area contributed by atoms with Gasteiger partial charge < -0.3 is 10.1 Å². The number of ether oxygens (including phenoxy) is 1. The van der Waals surface area contributed by atoms with E-state index in [0.29, 0.717) is 12.2 Å². The highest BCUT2D eigenvalue weighted by Gasteiger charge is 2.20. The van der Waals surface area contributed by atoms with Crippen LogP contribution >= 0.6 is 0 Å². The zero-order valence-corrected chi connectivity index (χ0v) is 15.2. The van der Waals surface area contributed by atoms with Crippen molar-refractivity contribution in [3.8, 4) is 11.3 Å². The summed E-state index contributed by atoms with van der Waals surface area (Å²) < 4.78 is 5.23. The summed E-state index contributed by atoms with van der Waals surface area (Å²) in [6.45, 7) is 3.92. The molecule has 0 aliphatic carbocycles. The first-order chi connectivity index (χ1) is 13.0. The second-order valence-corrected chi connectivity index (χ2v) is 6.28.